The quantitative estimate of drug-likeness (QED) is 0.790. The molecule has 0 unspecified atom stereocenters. The molecular formula is C15H12F6N2O2S. The van der Waals surface area contributed by atoms with Gasteiger partial charge in [-0.05, 0) is 31.0 Å². The summed E-state index contributed by atoms with van der Waals surface area (Å²) in [7, 11) is -4.00. The van der Waals surface area contributed by atoms with Gasteiger partial charge in [-0.15, -0.1) is 0 Å². The molecule has 0 atom stereocenters. The number of H-pyrrole nitrogens is 1. The molecule has 1 heterocycles. The molecule has 11 heteroatoms. The van der Waals surface area contributed by atoms with Crippen LogP contribution in [-0.2, 0) is 22.2 Å². The van der Waals surface area contributed by atoms with Gasteiger partial charge in [0.15, 0.2) is 9.84 Å². The van der Waals surface area contributed by atoms with Crippen LogP contribution in [0, 0.1) is 0 Å². The molecule has 1 aromatic carbocycles. The number of imidazole rings is 1. The Balaban J connectivity index is 1.75. The standard InChI is InChI=1S/C15H12F6N2O2S/c16-14(17,18)9-2-1-3-10(6-9)26(24,25)11-4-8(5-11)12-7-22-13(23-12)15(19,20)21/h1-3,6-8,11H,4-5H2,(H,22,23). The van der Waals surface area contributed by atoms with Crippen molar-refractivity contribution < 1.29 is 34.8 Å². The summed E-state index contributed by atoms with van der Waals surface area (Å²) in [5.41, 5.74) is -0.911. The molecule has 0 aliphatic heterocycles. The summed E-state index contributed by atoms with van der Waals surface area (Å²) < 4.78 is 101. The number of alkyl halides is 6. The van der Waals surface area contributed by atoms with E-state index in [1.54, 1.807) is 0 Å². The van der Waals surface area contributed by atoms with Crippen LogP contribution in [0.15, 0.2) is 35.4 Å². The number of nitrogens with zero attached hydrogens (tertiary/aromatic N) is 1. The van der Waals surface area contributed by atoms with E-state index in [0.717, 1.165) is 24.4 Å². The van der Waals surface area contributed by atoms with Crippen molar-refractivity contribution in [1.29, 1.82) is 0 Å². The van der Waals surface area contributed by atoms with Crippen molar-refractivity contribution in [1.82, 2.24) is 9.97 Å². The molecule has 26 heavy (non-hydrogen) atoms. The maximum atomic E-state index is 12.7. The van der Waals surface area contributed by atoms with E-state index in [9.17, 15) is 34.8 Å². The van der Waals surface area contributed by atoms with Crippen LogP contribution in [0.25, 0.3) is 0 Å². The van der Waals surface area contributed by atoms with Gasteiger partial charge < -0.3 is 4.98 Å². The zero-order chi connectivity index (χ0) is 19.3. The van der Waals surface area contributed by atoms with E-state index in [-0.39, 0.29) is 18.5 Å². The summed E-state index contributed by atoms with van der Waals surface area (Å²) in [4.78, 5) is 4.89. The van der Waals surface area contributed by atoms with Gasteiger partial charge in [0, 0.05) is 17.8 Å². The van der Waals surface area contributed by atoms with Crippen LogP contribution in [0.1, 0.15) is 35.8 Å². The number of aromatic nitrogens is 2. The fourth-order valence-corrected chi connectivity index (χ4v) is 4.72. The van der Waals surface area contributed by atoms with Crippen molar-refractivity contribution in [3.05, 3.63) is 47.5 Å². The highest BCUT2D eigenvalue weighted by Crippen LogP contribution is 2.43. The first kappa shape index (κ1) is 18.7. The first-order valence-corrected chi connectivity index (χ1v) is 8.97. The predicted octanol–water partition coefficient (Wildman–Crippen LogP) is 4.17. The van der Waals surface area contributed by atoms with Gasteiger partial charge in [0.25, 0.3) is 0 Å². The van der Waals surface area contributed by atoms with E-state index in [0.29, 0.717) is 6.07 Å². The molecule has 142 valence electrons. The van der Waals surface area contributed by atoms with Crippen LogP contribution in [-0.4, -0.2) is 23.6 Å². The van der Waals surface area contributed by atoms with E-state index in [1.807, 2.05) is 0 Å². The zero-order valence-corrected chi connectivity index (χ0v) is 13.7. The van der Waals surface area contributed by atoms with Crippen LogP contribution in [0.2, 0.25) is 0 Å². The Kier molecular flexibility index (Phi) is 4.32. The normalized spacial score (nSPS) is 21.5. The number of sulfone groups is 1. The zero-order valence-electron chi connectivity index (χ0n) is 12.9. The van der Waals surface area contributed by atoms with Crippen LogP contribution in [0.3, 0.4) is 0 Å². The monoisotopic (exact) mass is 398 g/mol. The number of hydrogen-bond acceptors (Lipinski definition) is 3. The molecule has 0 spiro atoms. The smallest absolute Gasteiger partial charge is 0.338 e. The summed E-state index contributed by atoms with van der Waals surface area (Å²) in [5, 5.41) is -0.950. The Labute approximate surface area is 144 Å². The summed E-state index contributed by atoms with van der Waals surface area (Å²) in [6.07, 6.45) is -8.28. The maximum Gasteiger partial charge on any atom is 0.449 e. The van der Waals surface area contributed by atoms with Gasteiger partial charge in [0.2, 0.25) is 5.82 Å². The SMILES string of the molecule is O=S(=O)(c1cccc(C(F)(F)F)c1)C1CC(c2cnc(C(F)(F)F)[nH]2)C1. The van der Waals surface area contributed by atoms with E-state index in [4.69, 9.17) is 0 Å². The summed E-state index contributed by atoms with van der Waals surface area (Å²) in [6, 6.07) is 3.43. The third-order valence-electron chi connectivity index (χ3n) is 4.33. The van der Waals surface area contributed by atoms with E-state index in [2.05, 4.69) is 9.97 Å². The van der Waals surface area contributed by atoms with Gasteiger partial charge in [-0.2, -0.15) is 26.3 Å². The highest BCUT2D eigenvalue weighted by atomic mass is 32.2. The van der Waals surface area contributed by atoms with Gasteiger partial charge >= 0.3 is 12.4 Å². The average Bonchev–Trinajstić information content (AvgIpc) is 2.94. The second kappa shape index (κ2) is 6.00. The van der Waals surface area contributed by atoms with Crippen molar-refractivity contribution >= 4 is 9.84 Å². The number of halogens is 6. The van der Waals surface area contributed by atoms with Crippen molar-refractivity contribution in [2.45, 2.75) is 41.3 Å². The highest BCUT2D eigenvalue weighted by molar-refractivity contribution is 7.92. The molecule has 1 aromatic heterocycles. The fraction of sp³-hybridized carbons (Fsp3) is 0.400. The molecule has 0 radical (unpaired) electrons. The van der Waals surface area contributed by atoms with E-state index >= 15 is 0 Å². The lowest BCUT2D eigenvalue weighted by atomic mass is 9.82. The molecule has 4 nitrogen and oxygen atoms in total. The number of benzene rings is 1. The molecule has 1 aliphatic rings. The lowest BCUT2D eigenvalue weighted by molar-refractivity contribution is -0.144. The number of nitrogens with one attached hydrogen (secondary N) is 1. The largest absolute Gasteiger partial charge is 0.449 e. The second-order valence-electron chi connectivity index (χ2n) is 6.05. The third-order valence-corrected chi connectivity index (χ3v) is 6.50. The molecule has 1 aliphatic carbocycles. The molecule has 0 amide bonds. The Morgan fingerprint density at radius 1 is 1.04 bits per heavy atom. The van der Waals surface area contributed by atoms with E-state index < -0.39 is 49.6 Å². The first-order valence-electron chi connectivity index (χ1n) is 7.42. The predicted molar refractivity (Wildman–Crippen MR) is 78.0 cm³/mol. The van der Waals surface area contributed by atoms with Crippen LogP contribution in [0.4, 0.5) is 26.3 Å². The van der Waals surface area contributed by atoms with Crippen molar-refractivity contribution in [2.24, 2.45) is 0 Å². The highest BCUT2D eigenvalue weighted by Gasteiger charge is 2.43. The van der Waals surface area contributed by atoms with Gasteiger partial charge in [-0.3, -0.25) is 0 Å². The van der Waals surface area contributed by atoms with Gasteiger partial charge in [-0.25, -0.2) is 13.4 Å². The fourth-order valence-electron chi connectivity index (χ4n) is 2.80. The molecule has 1 fully saturated rings. The second-order valence-corrected chi connectivity index (χ2v) is 8.27. The summed E-state index contributed by atoms with van der Waals surface area (Å²) >= 11 is 0. The average molecular weight is 398 g/mol. The number of rotatable bonds is 3. The summed E-state index contributed by atoms with van der Waals surface area (Å²) in [5.74, 6) is -1.64. The molecule has 0 saturated heterocycles. The third kappa shape index (κ3) is 3.44. The van der Waals surface area contributed by atoms with Gasteiger partial charge in [-0.1, -0.05) is 6.07 Å². The lowest BCUT2D eigenvalue weighted by Crippen LogP contribution is -2.35. The van der Waals surface area contributed by atoms with Gasteiger partial charge in [0.1, 0.15) is 0 Å². The topological polar surface area (TPSA) is 62.8 Å². The Bertz CT molecular complexity index is 911. The Morgan fingerprint density at radius 3 is 2.23 bits per heavy atom. The van der Waals surface area contributed by atoms with Crippen LogP contribution >= 0.6 is 0 Å². The van der Waals surface area contributed by atoms with Crippen molar-refractivity contribution in [3.8, 4) is 0 Å². The van der Waals surface area contributed by atoms with Crippen molar-refractivity contribution in [3.63, 3.8) is 0 Å². The van der Waals surface area contributed by atoms with Crippen LogP contribution in [0.5, 0.6) is 0 Å². The lowest BCUT2D eigenvalue weighted by Gasteiger charge is -2.34. The molecular weight excluding hydrogens is 386 g/mol. The molecule has 3 rings (SSSR count). The molecule has 1 saturated carbocycles. The molecule has 2 aromatic rings. The molecule has 0 bridgehead atoms. The maximum absolute atomic E-state index is 12.7. The van der Waals surface area contributed by atoms with E-state index in [1.165, 1.54) is 0 Å². The van der Waals surface area contributed by atoms with Crippen molar-refractivity contribution in [2.75, 3.05) is 0 Å². The van der Waals surface area contributed by atoms with Crippen LogP contribution < -0.4 is 0 Å². The Morgan fingerprint density at radius 2 is 1.69 bits per heavy atom. The summed E-state index contributed by atoms with van der Waals surface area (Å²) in [6.45, 7) is 0. The first-order chi connectivity index (χ1) is 11.9. The number of hydrogen-bond donors (Lipinski definition) is 1. The van der Waals surface area contributed by atoms with Gasteiger partial charge in [0.05, 0.1) is 15.7 Å². The minimum atomic E-state index is -4.67. The molecule has 1 N–H and O–H groups in total. The number of aromatic amines is 1. The Hall–Kier alpha value is -2.04. The minimum Gasteiger partial charge on any atom is -0.338 e. The minimum absolute atomic E-state index is 0.0120.